The second-order valence-corrected chi connectivity index (χ2v) is 6.32. The first-order valence-electron chi connectivity index (χ1n) is 7.21. The molecule has 2 atom stereocenters. The van der Waals surface area contributed by atoms with Crippen molar-refractivity contribution in [3.8, 4) is 0 Å². The van der Waals surface area contributed by atoms with Crippen molar-refractivity contribution in [2.45, 2.75) is 45.3 Å². The monoisotopic (exact) mass is 258 g/mol. The summed E-state index contributed by atoms with van der Waals surface area (Å²) in [6.45, 7) is 5.28. The maximum atomic E-state index is 12.6. The summed E-state index contributed by atoms with van der Waals surface area (Å²) in [5.41, 5.74) is 1.41. The fraction of sp³-hybridized carbons (Fsp3) is 0.562. The highest BCUT2D eigenvalue weighted by Crippen LogP contribution is 2.42. The van der Waals surface area contributed by atoms with E-state index < -0.39 is 0 Å². The van der Waals surface area contributed by atoms with Gasteiger partial charge in [-0.3, -0.25) is 10.1 Å². The Kier molecular flexibility index (Phi) is 3.09. The average molecular weight is 258 g/mol. The molecule has 1 aromatic carbocycles. The van der Waals surface area contributed by atoms with Crippen molar-refractivity contribution in [3.05, 3.63) is 35.9 Å². The van der Waals surface area contributed by atoms with Gasteiger partial charge >= 0.3 is 0 Å². The van der Waals surface area contributed by atoms with E-state index in [2.05, 4.69) is 19.2 Å². The topological polar surface area (TPSA) is 32.3 Å². The van der Waals surface area contributed by atoms with Crippen molar-refractivity contribution in [1.82, 2.24) is 10.2 Å². The molecular formula is C16H22N2O. The van der Waals surface area contributed by atoms with E-state index in [9.17, 15) is 4.79 Å². The van der Waals surface area contributed by atoms with Crippen LogP contribution >= 0.6 is 0 Å². The Balaban J connectivity index is 1.76. The van der Waals surface area contributed by atoms with E-state index in [0.717, 1.165) is 12.1 Å². The van der Waals surface area contributed by atoms with Gasteiger partial charge in [0, 0.05) is 6.54 Å². The number of carbonyl (C=O) groups is 1. The Morgan fingerprint density at radius 2 is 2.00 bits per heavy atom. The highest BCUT2D eigenvalue weighted by Gasteiger charge is 2.42. The molecule has 0 aromatic heterocycles. The third-order valence-electron chi connectivity index (χ3n) is 4.65. The average Bonchev–Trinajstić information content (AvgIpc) is 2.66. The first-order valence-corrected chi connectivity index (χ1v) is 7.21. The lowest BCUT2D eigenvalue weighted by molar-refractivity contribution is -0.132. The Morgan fingerprint density at radius 1 is 1.32 bits per heavy atom. The van der Waals surface area contributed by atoms with Crippen LogP contribution in [0.25, 0.3) is 0 Å². The van der Waals surface area contributed by atoms with Crippen LogP contribution in [0.1, 0.15) is 44.7 Å². The van der Waals surface area contributed by atoms with Crippen molar-refractivity contribution < 1.29 is 4.79 Å². The predicted octanol–water partition coefficient (Wildman–Crippen LogP) is 2.70. The maximum Gasteiger partial charge on any atom is 0.245 e. The van der Waals surface area contributed by atoms with Gasteiger partial charge in [-0.15, -0.1) is 0 Å². The van der Waals surface area contributed by atoms with Crippen molar-refractivity contribution in [2.24, 2.45) is 5.41 Å². The largest absolute Gasteiger partial charge is 0.325 e. The molecule has 2 aliphatic rings. The molecule has 1 saturated heterocycles. The lowest BCUT2D eigenvalue weighted by Crippen LogP contribution is -2.45. The molecule has 19 heavy (non-hydrogen) atoms. The van der Waals surface area contributed by atoms with Crippen LogP contribution in [-0.4, -0.2) is 23.5 Å². The van der Waals surface area contributed by atoms with E-state index in [4.69, 9.17) is 0 Å². The Morgan fingerprint density at radius 3 is 2.58 bits per heavy atom. The molecule has 1 aliphatic heterocycles. The molecular weight excluding hydrogens is 236 g/mol. The zero-order valence-electron chi connectivity index (χ0n) is 11.7. The van der Waals surface area contributed by atoms with Gasteiger partial charge in [0.05, 0.1) is 6.17 Å². The number of hydrogen-bond donors (Lipinski definition) is 1. The number of hydrogen-bond acceptors (Lipinski definition) is 2. The summed E-state index contributed by atoms with van der Waals surface area (Å²) in [5, 5.41) is 3.42. The first kappa shape index (κ1) is 12.7. The van der Waals surface area contributed by atoms with Crippen LogP contribution in [0, 0.1) is 5.41 Å². The quantitative estimate of drug-likeness (QED) is 0.904. The summed E-state index contributed by atoms with van der Waals surface area (Å²) in [5.74, 6) is 0.229. The number of rotatable bonds is 3. The summed E-state index contributed by atoms with van der Waals surface area (Å²) in [6, 6.07) is 9.85. The highest BCUT2D eigenvalue weighted by molar-refractivity contribution is 5.85. The third kappa shape index (κ3) is 2.27. The second kappa shape index (κ2) is 4.64. The van der Waals surface area contributed by atoms with E-state index in [1.54, 1.807) is 0 Å². The first-order chi connectivity index (χ1) is 9.09. The van der Waals surface area contributed by atoms with Crippen LogP contribution in [-0.2, 0) is 4.79 Å². The van der Waals surface area contributed by atoms with Crippen LogP contribution in [0.15, 0.2) is 30.3 Å². The van der Waals surface area contributed by atoms with Gasteiger partial charge in [-0.05, 0) is 30.7 Å². The molecule has 1 aromatic rings. The lowest BCUT2D eigenvalue weighted by Gasteiger charge is -2.42. The Hall–Kier alpha value is -1.35. The van der Waals surface area contributed by atoms with Gasteiger partial charge in [0.15, 0.2) is 0 Å². The van der Waals surface area contributed by atoms with Crippen molar-refractivity contribution >= 4 is 5.91 Å². The van der Waals surface area contributed by atoms with Gasteiger partial charge in [0.2, 0.25) is 5.91 Å². The molecule has 2 unspecified atom stereocenters. The van der Waals surface area contributed by atoms with Crippen LogP contribution in [0.3, 0.4) is 0 Å². The highest BCUT2D eigenvalue weighted by atomic mass is 16.2. The number of carbonyl (C=O) groups excluding carboxylic acids is 1. The summed E-state index contributed by atoms with van der Waals surface area (Å²) in [4.78, 5) is 14.6. The van der Waals surface area contributed by atoms with E-state index in [1.165, 1.54) is 19.3 Å². The maximum absolute atomic E-state index is 12.6. The molecule has 1 amide bonds. The summed E-state index contributed by atoms with van der Waals surface area (Å²) >= 11 is 0. The van der Waals surface area contributed by atoms with E-state index >= 15 is 0 Å². The summed E-state index contributed by atoms with van der Waals surface area (Å²) in [6.07, 6.45) is 3.94. The number of amides is 1. The molecule has 3 heteroatoms. The zero-order chi connectivity index (χ0) is 13.5. The third-order valence-corrected chi connectivity index (χ3v) is 4.65. The van der Waals surface area contributed by atoms with Crippen molar-refractivity contribution in [1.29, 1.82) is 0 Å². The Labute approximate surface area is 115 Å². The van der Waals surface area contributed by atoms with Gasteiger partial charge in [-0.25, -0.2) is 0 Å². The SMILES string of the molecule is CC1NC(c2ccccc2)C(=O)N1CC1(C)CCC1. The minimum atomic E-state index is -0.167. The number of nitrogens with one attached hydrogen (secondary N) is 1. The molecule has 1 N–H and O–H groups in total. The van der Waals surface area contributed by atoms with E-state index in [0.29, 0.717) is 5.41 Å². The van der Waals surface area contributed by atoms with Gasteiger partial charge in [-0.2, -0.15) is 0 Å². The smallest absolute Gasteiger partial charge is 0.245 e. The van der Waals surface area contributed by atoms with Gasteiger partial charge < -0.3 is 4.90 Å². The molecule has 2 fully saturated rings. The van der Waals surface area contributed by atoms with Crippen molar-refractivity contribution in [3.63, 3.8) is 0 Å². The van der Waals surface area contributed by atoms with Crippen LogP contribution < -0.4 is 5.32 Å². The van der Waals surface area contributed by atoms with Gasteiger partial charge in [-0.1, -0.05) is 43.7 Å². The fourth-order valence-electron chi connectivity index (χ4n) is 3.21. The van der Waals surface area contributed by atoms with Crippen LogP contribution in [0.4, 0.5) is 0 Å². The number of nitrogens with zero attached hydrogens (tertiary/aromatic N) is 1. The van der Waals surface area contributed by atoms with Crippen LogP contribution in [0.5, 0.6) is 0 Å². The predicted molar refractivity (Wildman–Crippen MR) is 75.5 cm³/mol. The minimum absolute atomic E-state index is 0.134. The lowest BCUT2D eigenvalue weighted by atomic mass is 9.70. The molecule has 0 radical (unpaired) electrons. The minimum Gasteiger partial charge on any atom is -0.325 e. The van der Waals surface area contributed by atoms with E-state index in [-0.39, 0.29) is 18.1 Å². The van der Waals surface area contributed by atoms with Gasteiger partial charge in [0.1, 0.15) is 6.04 Å². The standard InChI is InChI=1S/C16H22N2O/c1-12-17-14(13-7-4-3-5-8-13)15(19)18(12)11-16(2)9-6-10-16/h3-5,7-8,12,14,17H,6,9-11H2,1-2H3. The summed E-state index contributed by atoms with van der Waals surface area (Å²) < 4.78 is 0. The zero-order valence-corrected chi connectivity index (χ0v) is 11.7. The summed E-state index contributed by atoms with van der Waals surface area (Å²) in [7, 11) is 0. The van der Waals surface area contributed by atoms with E-state index in [1.807, 2.05) is 35.2 Å². The number of benzene rings is 1. The molecule has 1 heterocycles. The Bertz CT molecular complexity index is 467. The molecule has 3 rings (SSSR count). The van der Waals surface area contributed by atoms with Crippen LogP contribution in [0.2, 0.25) is 0 Å². The molecule has 1 saturated carbocycles. The normalized spacial score (nSPS) is 29.4. The molecule has 0 bridgehead atoms. The molecule has 0 spiro atoms. The molecule has 1 aliphatic carbocycles. The molecule has 3 nitrogen and oxygen atoms in total. The van der Waals surface area contributed by atoms with Gasteiger partial charge in [0.25, 0.3) is 0 Å². The fourth-order valence-corrected chi connectivity index (χ4v) is 3.21. The molecule has 102 valence electrons. The second-order valence-electron chi connectivity index (χ2n) is 6.32. The van der Waals surface area contributed by atoms with Crippen molar-refractivity contribution in [2.75, 3.05) is 6.54 Å².